The van der Waals surface area contributed by atoms with Crippen LogP contribution in [0.5, 0.6) is 5.75 Å². The van der Waals surface area contributed by atoms with Gasteiger partial charge in [0, 0.05) is 56.2 Å². The van der Waals surface area contributed by atoms with Crippen molar-refractivity contribution in [3.8, 4) is 5.75 Å². The molecule has 0 spiro atoms. The Kier molecular flexibility index (Phi) is 6.82. The first-order valence-corrected chi connectivity index (χ1v) is 10.7. The Labute approximate surface area is 178 Å². The third kappa shape index (κ3) is 5.10. The molecule has 0 amide bonds. The highest BCUT2D eigenvalue weighted by Gasteiger charge is 2.25. The van der Waals surface area contributed by atoms with Crippen LogP contribution < -0.4 is 9.64 Å². The van der Waals surface area contributed by atoms with Gasteiger partial charge in [-0.15, -0.1) is 0 Å². The van der Waals surface area contributed by atoms with E-state index in [1.165, 1.54) is 5.69 Å². The molecule has 1 unspecified atom stereocenters. The van der Waals surface area contributed by atoms with Crippen LogP contribution in [0.25, 0.3) is 10.9 Å². The van der Waals surface area contributed by atoms with E-state index >= 15 is 0 Å². The van der Waals surface area contributed by atoms with Crippen LogP contribution in [0.1, 0.15) is 24.1 Å². The van der Waals surface area contributed by atoms with Crippen molar-refractivity contribution in [1.82, 2.24) is 4.98 Å². The molecule has 4 rings (SSSR count). The molecule has 0 aliphatic carbocycles. The lowest BCUT2D eigenvalue weighted by atomic mass is 10.1. The van der Waals surface area contributed by atoms with E-state index in [4.69, 9.17) is 19.2 Å². The first-order chi connectivity index (χ1) is 14.7. The van der Waals surface area contributed by atoms with E-state index in [1.54, 1.807) is 7.11 Å². The highest BCUT2D eigenvalue weighted by atomic mass is 16.5. The number of aryl methyl sites for hydroxylation is 1. The van der Waals surface area contributed by atoms with Gasteiger partial charge in [-0.05, 0) is 43.5 Å². The number of anilines is 1. The number of hydrogen-bond donors (Lipinski definition) is 0. The summed E-state index contributed by atoms with van der Waals surface area (Å²) < 4.78 is 17.1. The molecular formula is C25H30N2O3. The Morgan fingerprint density at radius 3 is 2.77 bits per heavy atom. The third-order valence-electron chi connectivity index (χ3n) is 5.47. The molecular weight excluding hydrogens is 376 g/mol. The van der Waals surface area contributed by atoms with Crippen LogP contribution in [0.3, 0.4) is 0 Å². The van der Waals surface area contributed by atoms with Crippen molar-refractivity contribution in [3.63, 3.8) is 0 Å². The van der Waals surface area contributed by atoms with Crippen LogP contribution in [0.2, 0.25) is 0 Å². The molecule has 1 atom stereocenters. The van der Waals surface area contributed by atoms with E-state index in [9.17, 15) is 0 Å². The van der Waals surface area contributed by atoms with Crippen LogP contribution in [-0.4, -0.2) is 44.5 Å². The summed E-state index contributed by atoms with van der Waals surface area (Å²) in [5, 5.41) is 1.16. The summed E-state index contributed by atoms with van der Waals surface area (Å²) in [6.07, 6.45) is 2.27. The summed E-state index contributed by atoms with van der Waals surface area (Å²) in [4.78, 5) is 7.18. The molecule has 5 heteroatoms. The van der Waals surface area contributed by atoms with Crippen molar-refractivity contribution in [1.29, 1.82) is 0 Å². The van der Waals surface area contributed by atoms with Gasteiger partial charge in [0.15, 0.2) is 0 Å². The lowest BCUT2D eigenvalue weighted by Gasteiger charge is -2.21. The number of methoxy groups -OCH3 is 1. The molecule has 0 radical (unpaired) electrons. The summed E-state index contributed by atoms with van der Waals surface area (Å²) >= 11 is 0. The van der Waals surface area contributed by atoms with Crippen LogP contribution in [0.15, 0.2) is 54.6 Å². The summed E-state index contributed by atoms with van der Waals surface area (Å²) in [6.45, 7) is 6.02. The van der Waals surface area contributed by atoms with Crippen molar-refractivity contribution >= 4 is 16.6 Å². The number of ether oxygens (including phenoxy) is 3. The average molecular weight is 407 g/mol. The molecule has 5 nitrogen and oxygen atoms in total. The predicted octanol–water partition coefficient (Wildman–Crippen LogP) is 4.75. The van der Waals surface area contributed by atoms with Gasteiger partial charge in [0.25, 0.3) is 0 Å². The Bertz CT molecular complexity index is 961. The molecule has 2 heterocycles. The van der Waals surface area contributed by atoms with E-state index in [2.05, 4.69) is 36.1 Å². The molecule has 1 fully saturated rings. The molecule has 1 aliphatic heterocycles. The van der Waals surface area contributed by atoms with Crippen LogP contribution >= 0.6 is 0 Å². The van der Waals surface area contributed by atoms with Gasteiger partial charge in [0.05, 0.1) is 11.6 Å². The molecule has 158 valence electrons. The second kappa shape index (κ2) is 9.92. The van der Waals surface area contributed by atoms with Gasteiger partial charge in [-0.3, -0.25) is 4.98 Å². The zero-order chi connectivity index (χ0) is 20.8. The molecule has 0 bridgehead atoms. The van der Waals surface area contributed by atoms with Gasteiger partial charge >= 0.3 is 0 Å². The number of fused-ring (bicyclic) bond motifs is 1. The maximum Gasteiger partial charge on any atom is 0.122 e. The minimum atomic E-state index is 0.277. The van der Waals surface area contributed by atoms with Gasteiger partial charge in [0.1, 0.15) is 12.4 Å². The highest BCUT2D eigenvalue weighted by Crippen LogP contribution is 2.32. The van der Waals surface area contributed by atoms with E-state index < -0.39 is 0 Å². The SMILES string of the molecule is COCCCOC1CCN(c2cc(C)nc3cc(OCc4ccccc4)ccc23)C1. The number of rotatable bonds is 9. The second-order valence-corrected chi connectivity index (χ2v) is 7.81. The van der Waals surface area contributed by atoms with E-state index in [1.807, 2.05) is 30.3 Å². The van der Waals surface area contributed by atoms with E-state index in [0.717, 1.165) is 67.1 Å². The van der Waals surface area contributed by atoms with Gasteiger partial charge < -0.3 is 19.1 Å². The zero-order valence-electron chi connectivity index (χ0n) is 17.8. The van der Waals surface area contributed by atoms with Crippen LogP contribution in [0.4, 0.5) is 5.69 Å². The van der Waals surface area contributed by atoms with Gasteiger partial charge in [-0.1, -0.05) is 30.3 Å². The van der Waals surface area contributed by atoms with Crippen molar-refractivity contribution < 1.29 is 14.2 Å². The number of aromatic nitrogens is 1. The molecule has 1 aliphatic rings. The van der Waals surface area contributed by atoms with Crippen LogP contribution in [0, 0.1) is 6.92 Å². The summed E-state index contributed by atoms with van der Waals surface area (Å²) in [5.41, 5.74) is 4.38. The molecule has 3 aromatic rings. The summed E-state index contributed by atoms with van der Waals surface area (Å²) in [5.74, 6) is 0.844. The predicted molar refractivity (Wildman–Crippen MR) is 120 cm³/mol. The number of nitrogens with zero attached hydrogens (tertiary/aromatic N) is 2. The molecule has 1 aromatic heterocycles. The average Bonchev–Trinajstić information content (AvgIpc) is 3.24. The second-order valence-electron chi connectivity index (χ2n) is 7.81. The normalized spacial score (nSPS) is 16.3. The molecule has 30 heavy (non-hydrogen) atoms. The number of benzene rings is 2. The third-order valence-corrected chi connectivity index (χ3v) is 5.47. The lowest BCUT2D eigenvalue weighted by Crippen LogP contribution is -2.23. The molecule has 2 aromatic carbocycles. The fourth-order valence-electron chi connectivity index (χ4n) is 3.95. The fourth-order valence-corrected chi connectivity index (χ4v) is 3.95. The molecule has 1 saturated heterocycles. The summed E-state index contributed by atoms with van der Waals surface area (Å²) in [6, 6.07) is 18.6. The Balaban J connectivity index is 1.46. The highest BCUT2D eigenvalue weighted by molar-refractivity contribution is 5.93. The number of hydrogen-bond acceptors (Lipinski definition) is 5. The Hall–Kier alpha value is -2.63. The van der Waals surface area contributed by atoms with Crippen molar-refractivity contribution in [2.75, 3.05) is 38.3 Å². The van der Waals surface area contributed by atoms with Gasteiger partial charge in [-0.25, -0.2) is 0 Å². The lowest BCUT2D eigenvalue weighted by molar-refractivity contribution is 0.0523. The topological polar surface area (TPSA) is 43.8 Å². The quantitative estimate of drug-likeness (QED) is 0.480. The minimum Gasteiger partial charge on any atom is -0.489 e. The van der Waals surface area contributed by atoms with Gasteiger partial charge in [-0.2, -0.15) is 0 Å². The maximum absolute atomic E-state index is 6.03. The van der Waals surface area contributed by atoms with Crippen molar-refractivity contribution in [3.05, 3.63) is 65.9 Å². The van der Waals surface area contributed by atoms with Crippen molar-refractivity contribution in [2.45, 2.75) is 32.5 Å². The smallest absolute Gasteiger partial charge is 0.122 e. The van der Waals surface area contributed by atoms with E-state index in [-0.39, 0.29) is 6.10 Å². The molecule has 0 N–H and O–H groups in total. The van der Waals surface area contributed by atoms with Crippen molar-refractivity contribution in [2.24, 2.45) is 0 Å². The fraction of sp³-hybridized carbons (Fsp3) is 0.400. The first-order valence-electron chi connectivity index (χ1n) is 10.7. The number of pyridine rings is 1. The Morgan fingerprint density at radius 1 is 1.07 bits per heavy atom. The first kappa shape index (κ1) is 20.6. The maximum atomic E-state index is 6.03. The standard InChI is InChI=1S/C25H30N2O3/c1-19-15-25(27-12-11-22(17-27)29-14-6-13-28-2)23-10-9-21(16-24(23)26-19)30-18-20-7-4-3-5-8-20/h3-5,7-10,15-16,22H,6,11-14,17-18H2,1-2H3. The monoisotopic (exact) mass is 406 g/mol. The van der Waals surface area contributed by atoms with Gasteiger partial charge in [0.2, 0.25) is 0 Å². The Morgan fingerprint density at radius 2 is 1.93 bits per heavy atom. The largest absolute Gasteiger partial charge is 0.489 e. The zero-order valence-corrected chi connectivity index (χ0v) is 17.8. The minimum absolute atomic E-state index is 0.277. The molecule has 0 saturated carbocycles. The van der Waals surface area contributed by atoms with E-state index in [0.29, 0.717) is 6.61 Å². The summed E-state index contributed by atoms with van der Waals surface area (Å²) in [7, 11) is 1.73. The van der Waals surface area contributed by atoms with Crippen LogP contribution in [-0.2, 0) is 16.1 Å².